The number of hydrogen-bond acceptors (Lipinski definition) is 3. The van der Waals surface area contributed by atoms with E-state index in [1.165, 1.54) is 4.31 Å². The van der Waals surface area contributed by atoms with Gasteiger partial charge in [0, 0.05) is 15.5 Å². The van der Waals surface area contributed by atoms with Gasteiger partial charge in [0.05, 0.1) is 23.6 Å². The minimum absolute atomic E-state index is 0.282. The third-order valence-electron chi connectivity index (χ3n) is 3.35. The maximum Gasteiger partial charge on any atom is 0.244 e. The molecule has 0 atom stereocenters. The third kappa shape index (κ3) is 2.97. The van der Waals surface area contributed by atoms with Crippen LogP contribution >= 0.6 is 31.9 Å². The summed E-state index contributed by atoms with van der Waals surface area (Å²) in [6.07, 6.45) is 0. The molecule has 1 aliphatic rings. The van der Waals surface area contributed by atoms with Crippen molar-refractivity contribution in [2.24, 2.45) is 0 Å². The lowest BCUT2D eigenvalue weighted by molar-refractivity contribution is -0.00772. The molecule has 0 N–H and O–H groups in total. The van der Waals surface area contributed by atoms with Crippen molar-refractivity contribution in [2.45, 2.75) is 31.2 Å². The molecule has 0 bridgehead atoms. The Bertz CT molecular complexity index is 629. The van der Waals surface area contributed by atoms with Crippen molar-refractivity contribution in [1.82, 2.24) is 4.31 Å². The van der Waals surface area contributed by atoms with Crippen LogP contribution in [0.3, 0.4) is 0 Å². The molecule has 20 heavy (non-hydrogen) atoms. The highest BCUT2D eigenvalue weighted by atomic mass is 79.9. The molecular formula is C13H17Br2NO3S. The largest absolute Gasteiger partial charge is 0.378 e. The summed E-state index contributed by atoms with van der Waals surface area (Å²) in [5.41, 5.74) is 0.436. The summed E-state index contributed by atoms with van der Waals surface area (Å²) < 4.78 is 34.1. The quantitative estimate of drug-likeness (QED) is 0.728. The fraction of sp³-hybridized carbons (Fsp3) is 0.538. The zero-order chi connectivity index (χ0) is 15.1. The summed E-state index contributed by atoms with van der Waals surface area (Å²) in [7, 11) is -3.56. The number of sulfonamides is 1. The fourth-order valence-electron chi connectivity index (χ4n) is 2.23. The summed E-state index contributed by atoms with van der Waals surface area (Å²) in [4.78, 5) is 0.282. The monoisotopic (exact) mass is 425 g/mol. The SMILES string of the molecule is Cc1cc(Br)c(S(=O)(=O)N2CCOCC2(C)C)cc1Br. The highest BCUT2D eigenvalue weighted by Gasteiger charge is 2.40. The van der Waals surface area contributed by atoms with Crippen molar-refractivity contribution in [3.05, 3.63) is 26.6 Å². The highest BCUT2D eigenvalue weighted by molar-refractivity contribution is 9.11. The lowest BCUT2D eigenvalue weighted by atomic mass is 10.1. The molecule has 1 aliphatic heterocycles. The van der Waals surface area contributed by atoms with E-state index < -0.39 is 15.6 Å². The van der Waals surface area contributed by atoms with E-state index >= 15 is 0 Å². The molecule has 0 unspecified atom stereocenters. The molecule has 1 fully saturated rings. The van der Waals surface area contributed by atoms with Crippen LogP contribution in [0.25, 0.3) is 0 Å². The van der Waals surface area contributed by atoms with Crippen LogP contribution < -0.4 is 0 Å². The smallest absolute Gasteiger partial charge is 0.244 e. The van der Waals surface area contributed by atoms with Crippen LogP contribution in [0.1, 0.15) is 19.4 Å². The topological polar surface area (TPSA) is 46.6 Å². The molecule has 1 aromatic carbocycles. The minimum Gasteiger partial charge on any atom is -0.378 e. The average Bonchev–Trinajstić information content (AvgIpc) is 2.32. The number of nitrogens with zero attached hydrogens (tertiary/aromatic N) is 1. The van der Waals surface area contributed by atoms with Crippen LogP contribution in [0.5, 0.6) is 0 Å². The number of benzene rings is 1. The van der Waals surface area contributed by atoms with Crippen LogP contribution in [0, 0.1) is 6.92 Å². The van der Waals surface area contributed by atoms with Crippen molar-refractivity contribution in [3.63, 3.8) is 0 Å². The summed E-state index contributed by atoms with van der Waals surface area (Å²) in [5.74, 6) is 0. The molecule has 1 saturated heterocycles. The zero-order valence-corrected chi connectivity index (χ0v) is 15.6. The van der Waals surface area contributed by atoms with Crippen LogP contribution in [0.4, 0.5) is 0 Å². The van der Waals surface area contributed by atoms with Gasteiger partial charge in [0.2, 0.25) is 10.0 Å². The first-order valence-electron chi connectivity index (χ1n) is 6.22. The maximum absolute atomic E-state index is 12.9. The first kappa shape index (κ1) is 16.4. The van der Waals surface area contributed by atoms with E-state index in [1.54, 1.807) is 6.07 Å². The molecule has 0 saturated carbocycles. The van der Waals surface area contributed by atoms with E-state index in [9.17, 15) is 8.42 Å². The van der Waals surface area contributed by atoms with Crippen molar-refractivity contribution in [1.29, 1.82) is 0 Å². The Hall–Kier alpha value is 0.0500. The molecule has 4 nitrogen and oxygen atoms in total. The molecule has 2 rings (SSSR count). The molecule has 1 heterocycles. The predicted molar refractivity (Wildman–Crippen MR) is 85.4 cm³/mol. The van der Waals surface area contributed by atoms with Crippen LogP contribution in [-0.2, 0) is 14.8 Å². The standard InChI is InChI=1S/C13H17Br2NO3S/c1-9-6-11(15)12(7-10(9)14)20(17,18)16-4-5-19-8-13(16,2)3/h6-7H,4-5,8H2,1-3H3. The first-order chi connectivity index (χ1) is 9.16. The Morgan fingerprint density at radius 3 is 2.50 bits per heavy atom. The molecule has 0 aliphatic carbocycles. The van der Waals surface area contributed by atoms with Gasteiger partial charge in [-0.1, -0.05) is 15.9 Å². The van der Waals surface area contributed by atoms with E-state index in [-0.39, 0.29) is 4.90 Å². The normalized spacial score (nSPS) is 20.1. The molecule has 1 aromatic rings. The predicted octanol–water partition coefficient (Wildman–Crippen LogP) is 3.32. The van der Waals surface area contributed by atoms with Gasteiger partial charge in [0.1, 0.15) is 0 Å². The molecule has 0 spiro atoms. The lowest BCUT2D eigenvalue weighted by Crippen LogP contribution is -2.55. The minimum atomic E-state index is -3.56. The van der Waals surface area contributed by atoms with Gasteiger partial charge in [-0.05, 0) is 54.4 Å². The Labute approximate surface area is 136 Å². The van der Waals surface area contributed by atoms with Gasteiger partial charge in [0.15, 0.2) is 0 Å². The van der Waals surface area contributed by atoms with Crippen molar-refractivity contribution < 1.29 is 13.2 Å². The van der Waals surface area contributed by atoms with E-state index in [0.717, 1.165) is 10.0 Å². The lowest BCUT2D eigenvalue weighted by Gasteiger charge is -2.40. The summed E-state index contributed by atoms with van der Waals surface area (Å²) in [5, 5.41) is 0. The van der Waals surface area contributed by atoms with E-state index in [1.807, 2.05) is 26.8 Å². The van der Waals surface area contributed by atoms with Crippen LogP contribution in [0.2, 0.25) is 0 Å². The number of morpholine rings is 1. The Balaban J connectivity index is 2.53. The number of rotatable bonds is 2. The molecule has 0 aromatic heterocycles. The van der Waals surface area contributed by atoms with Crippen LogP contribution in [0.15, 0.2) is 26.0 Å². The Morgan fingerprint density at radius 2 is 1.90 bits per heavy atom. The Kier molecular flexibility index (Phi) is 4.67. The number of halogens is 2. The zero-order valence-electron chi connectivity index (χ0n) is 11.6. The average molecular weight is 427 g/mol. The van der Waals surface area contributed by atoms with Gasteiger partial charge in [-0.15, -0.1) is 0 Å². The molecular weight excluding hydrogens is 410 g/mol. The third-order valence-corrected chi connectivity index (χ3v) is 7.27. The second kappa shape index (κ2) is 5.68. The van der Waals surface area contributed by atoms with Crippen LogP contribution in [-0.4, -0.2) is 38.0 Å². The van der Waals surface area contributed by atoms with Gasteiger partial charge in [-0.3, -0.25) is 0 Å². The van der Waals surface area contributed by atoms with Gasteiger partial charge in [-0.25, -0.2) is 8.42 Å². The van der Waals surface area contributed by atoms with Gasteiger partial charge >= 0.3 is 0 Å². The van der Waals surface area contributed by atoms with Gasteiger partial charge in [-0.2, -0.15) is 4.31 Å². The molecule has 112 valence electrons. The second-order valence-corrected chi connectivity index (χ2v) is 9.01. The van der Waals surface area contributed by atoms with Gasteiger partial charge < -0.3 is 4.74 Å². The van der Waals surface area contributed by atoms with E-state index in [4.69, 9.17) is 4.74 Å². The summed E-state index contributed by atoms with van der Waals surface area (Å²) >= 11 is 6.76. The fourth-order valence-corrected chi connectivity index (χ4v) is 5.63. The highest BCUT2D eigenvalue weighted by Crippen LogP contribution is 2.34. The second-order valence-electron chi connectivity index (χ2n) is 5.47. The van der Waals surface area contributed by atoms with E-state index in [2.05, 4.69) is 31.9 Å². The van der Waals surface area contributed by atoms with Crippen molar-refractivity contribution in [2.75, 3.05) is 19.8 Å². The summed E-state index contributed by atoms with van der Waals surface area (Å²) in [6.45, 7) is 6.86. The van der Waals surface area contributed by atoms with Crippen molar-refractivity contribution >= 4 is 41.9 Å². The molecule has 7 heteroatoms. The number of hydrogen-bond donors (Lipinski definition) is 0. The Morgan fingerprint density at radius 1 is 1.25 bits per heavy atom. The number of ether oxygens (including phenoxy) is 1. The van der Waals surface area contributed by atoms with Gasteiger partial charge in [0.25, 0.3) is 0 Å². The number of aryl methyl sites for hydroxylation is 1. The first-order valence-corrected chi connectivity index (χ1v) is 9.25. The van der Waals surface area contributed by atoms with Crippen molar-refractivity contribution in [3.8, 4) is 0 Å². The maximum atomic E-state index is 12.9. The molecule has 0 radical (unpaired) electrons. The molecule has 0 amide bonds. The van der Waals surface area contributed by atoms with E-state index in [0.29, 0.717) is 24.2 Å². The summed E-state index contributed by atoms with van der Waals surface area (Å²) in [6, 6.07) is 3.46.